The van der Waals surface area contributed by atoms with Crippen LogP contribution in [0.1, 0.15) is 115 Å². The lowest BCUT2D eigenvalue weighted by Gasteiger charge is -2.49. The highest BCUT2D eigenvalue weighted by Crippen LogP contribution is 2.42. The number of aliphatic hydroxyl groups excluding tert-OH is 5. The lowest BCUT2D eigenvalue weighted by Crippen LogP contribution is -2.59. The zero-order valence-corrected chi connectivity index (χ0v) is 39.0. The number of methoxy groups -OCH3 is 1. The van der Waals surface area contributed by atoms with Gasteiger partial charge in [-0.25, -0.2) is 4.79 Å². The molecule has 14 heteroatoms. The predicted molar refractivity (Wildman–Crippen MR) is 234 cm³/mol. The fourth-order valence-electron chi connectivity index (χ4n) is 8.98. The maximum atomic E-state index is 13.8. The maximum Gasteiger partial charge on any atom is 0.373 e. The Bertz CT molecular complexity index is 1590. The number of allylic oxidation sites excluding steroid dienone is 6. The molecule has 18 atom stereocenters. The topological polar surface area (TPSA) is 211 Å². The Labute approximate surface area is 369 Å². The van der Waals surface area contributed by atoms with Gasteiger partial charge in [-0.05, 0) is 59.0 Å². The van der Waals surface area contributed by atoms with E-state index < -0.39 is 103 Å². The van der Waals surface area contributed by atoms with E-state index in [1.165, 1.54) is 19.3 Å². The Hall–Kier alpha value is -2.92. The molecule has 3 heterocycles. The Morgan fingerprint density at radius 3 is 2.32 bits per heavy atom. The molecule has 3 aliphatic heterocycles. The molecular formula is C48H78O14. The highest BCUT2D eigenvalue weighted by molar-refractivity contribution is 5.87. The minimum Gasteiger partial charge on any atom is -0.490 e. The Morgan fingerprint density at radius 1 is 1.03 bits per heavy atom. The minimum atomic E-state index is -2.00. The van der Waals surface area contributed by atoms with Crippen LogP contribution in [0, 0.1) is 35.5 Å². The van der Waals surface area contributed by atoms with Gasteiger partial charge < -0.3 is 59.1 Å². The van der Waals surface area contributed by atoms with E-state index in [2.05, 4.69) is 0 Å². The van der Waals surface area contributed by atoms with Crippen LogP contribution in [0.2, 0.25) is 0 Å². The maximum absolute atomic E-state index is 13.8. The highest BCUT2D eigenvalue weighted by atomic mass is 16.7. The molecule has 2 fully saturated rings. The van der Waals surface area contributed by atoms with Crippen LogP contribution >= 0.6 is 0 Å². The summed E-state index contributed by atoms with van der Waals surface area (Å²) in [5.74, 6) is -6.83. The van der Waals surface area contributed by atoms with E-state index in [0.717, 1.165) is 5.57 Å². The first-order valence-electron chi connectivity index (χ1n) is 22.5. The van der Waals surface area contributed by atoms with Gasteiger partial charge in [0.2, 0.25) is 5.76 Å². The van der Waals surface area contributed by atoms with Gasteiger partial charge in [0.1, 0.15) is 24.4 Å². The van der Waals surface area contributed by atoms with Gasteiger partial charge >= 0.3 is 11.9 Å². The van der Waals surface area contributed by atoms with Crippen LogP contribution in [0.3, 0.4) is 0 Å². The summed E-state index contributed by atoms with van der Waals surface area (Å²) in [4.78, 5) is 26.2. The van der Waals surface area contributed by atoms with Gasteiger partial charge in [-0.15, -0.1) is 0 Å². The van der Waals surface area contributed by atoms with Crippen LogP contribution in [0.15, 0.2) is 59.4 Å². The zero-order valence-electron chi connectivity index (χ0n) is 39.0. The largest absolute Gasteiger partial charge is 0.490 e. The number of cyclic esters (lactones) is 1. The molecule has 0 spiro atoms. The van der Waals surface area contributed by atoms with Crippen molar-refractivity contribution in [2.45, 2.75) is 188 Å². The standard InChI is InChI=1S/C48H78O14/c1-13-17-36-30(8)39(60-41-24-37(45(54)33(11)58-41)59-40(50)18-14-2)25-48(56,62-36)32(10)44(53)31(9)46-35(49)20-16-19-26(4)21-28(6)42(51)34(15-3)43(52)29(7)22-27(5)23-38(57-12)47(55)61-46/h13,16-17,19-20,22-23,28-37,39,41-46,49,51-54,56H,14-15,18,21,24-25H2,1-12H3/b17-13+,20-16+,26-19+,27-22+,38-23-/t28-,29-,30-,31+,32+,33+,34?,35+,36-,37+,39-,41-,42+,43-,44-,45+,46-,48-/m1/s1. The monoisotopic (exact) mass is 879 g/mol. The molecule has 2 saturated heterocycles. The molecule has 3 aliphatic rings. The molecule has 0 aromatic carbocycles. The van der Waals surface area contributed by atoms with Crippen LogP contribution in [0.5, 0.6) is 0 Å². The number of rotatable bonds is 12. The molecule has 14 nitrogen and oxygen atoms in total. The van der Waals surface area contributed by atoms with Gasteiger partial charge in [-0.3, -0.25) is 4.79 Å². The van der Waals surface area contributed by atoms with Crippen molar-refractivity contribution in [2.75, 3.05) is 7.11 Å². The van der Waals surface area contributed by atoms with Crippen molar-refractivity contribution in [1.82, 2.24) is 0 Å². The number of aliphatic hydroxyl groups is 6. The number of ether oxygens (including phenoxy) is 6. The third kappa shape index (κ3) is 14.0. The van der Waals surface area contributed by atoms with Gasteiger partial charge in [0, 0.05) is 48.9 Å². The fourth-order valence-corrected chi connectivity index (χ4v) is 8.98. The molecule has 0 aliphatic carbocycles. The normalized spacial score (nSPS) is 41.7. The van der Waals surface area contributed by atoms with Gasteiger partial charge in [-0.1, -0.05) is 96.1 Å². The summed E-state index contributed by atoms with van der Waals surface area (Å²) in [7, 11) is 1.31. The van der Waals surface area contributed by atoms with Crippen molar-refractivity contribution in [1.29, 1.82) is 0 Å². The van der Waals surface area contributed by atoms with E-state index in [4.69, 9.17) is 28.4 Å². The van der Waals surface area contributed by atoms with Gasteiger partial charge in [-0.2, -0.15) is 0 Å². The molecule has 0 bridgehead atoms. The molecule has 1 unspecified atom stereocenters. The first-order valence-corrected chi connectivity index (χ1v) is 22.5. The van der Waals surface area contributed by atoms with E-state index in [0.29, 0.717) is 24.8 Å². The molecule has 0 saturated carbocycles. The third-order valence-corrected chi connectivity index (χ3v) is 13.0. The van der Waals surface area contributed by atoms with E-state index in [9.17, 15) is 40.2 Å². The van der Waals surface area contributed by atoms with E-state index in [1.807, 2.05) is 48.5 Å². The lowest BCUT2D eigenvalue weighted by atomic mass is 9.77. The molecule has 0 radical (unpaired) electrons. The Kier molecular flexibility index (Phi) is 21.0. The highest BCUT2D eigenvalue weighted by Gasteiger charge is 2.52. The molecule has 0 aromatic heterocycles. The first-order chi connectivity index (χ1) is 29.1. The average molecular weight is 879 g/mol. The van der Waals surface area contributed by atoms with Crippen LogP contribution in [0.4, 0.5) is 0 Å². The van der Waals surface area contributed by atoms with Crippen molar-refractivity contribution in [3.05, 3.63) is 59.4 Å². The second-order valence-electron chi connectivity index (χ2n) is 18.1. The summed E-state index contributed by atoms with van der Waals surface area (Å²) in [6.45, 7) is 19.8. The molecule has 0 amide bonds. The van der Waals surface area contributed by atoms with Crippen molar-refractivity contribution < 1.29 is 68.6 Å². The summed E-state index contributed by atoms with van der Waals surface area (Å²) in [5.41, 5.74) is 1.50. The number of hydrogen-bond donors (Lipinski definition) is 6. The second kappa shape index (κ2) is 24.4. The number of carbonyl (C=O) groups excluding carboxylic acids is 2. The van der Waals surface area contributed by atoms with Crippen molar-refractivity contribution in [3.8, 4) is 0 Å². The predicted octanol–water partition coefficient (Wildman–Crippen LogP) is 5.58. The first kappa shape index (κ1) is 53.4. The molecule has 62 heavy (non-hydrogen) atoms. The van der Waals surface area contributed by atoms with E-state index in [1.54, 1.807) is 58.1 Å². The van der Waals surface area contributed by atoms with Crippen LogP contribution in [-0.4, -0.2) is 123 Å². The van der Waals surface area contributed by atoms with Crippen LogP contribution in [0.25, 0.3) is 0 Å². The number of hydrogen-bond acceptors (Lipinski definition) is 14. The zero-order chi connectivity index (χ0) is 46.6. The quantitative estimate of drug-likeness (QED) is 0.105. The van der Waals surface area contributed by atoms with Crippen molar-refractivity contribution >= 4 is 11.9 Å². The SMILES string of the molecule is C/C=C/[C@H]1O[C@@](O)([C@@H](C)[C@H](O)[C@H](C)[C@H]2OC(=O)/C(OC)=C/C(C)=C/[C@@H](C)[C@@H](O)C(CC)[C@@H](O)[C@H](C)C/C(C)=C/C=C/[C@@H]2O)C[C@@H](O[C@@H]2C[C@H](OC(=O)CCC)[C@@H](O)[C@H](C)O2)[C@@H]1C. The van der Waals surface area contributed by atoms with Crippen molar-refractivity contribution in [2.24, 2.45) is 35.5 Å². The van der Waals surface area contributed by atoms with Crippen LogP contribution < -0.4 is 0 Å². The molecule has 354 valence electrons. The fraction of sp³-hybridized carbons (Fsp3) is 0.750. The van der Waals surface area contributed by atoms with Crippen molar-refractivity contribution in [3.63, 3.8) is 0 Å². The van der Waals surface area contributed by atoms with Gasteiger partial charge in [0.05, 0.1) is 43.7 Å². The average Bonchev–Trinajstić information content (AvgIpc) is 3.21. The third-order valence-electron chi connectivity index (χ3n) is 13.0. The Balaban J connectivity index is 1.97. The summed E-state index contributed by atoms with van der Waals surface area (Å²) >= 11 is 0. The van der Waals surface area contributed by atoms with E-state index in [-0.39, 0.29) is 42.8 Å². The van der Waals surface area contributed by atoms with Crippen LogP contribution in [-0.2, 0) is 38.0 Å². The van der Waals surface area contributed by atoms with Gasteiger partial charge in [0.25, 0.3) is 0 Å². The Morgan fingerprint density at radius 2 is 1.71 bits per heavy atom. The second-order valence-corrected chi connectivity index (χ2v) is 18.1. The molecule has 3 rings (SSSR count). The lowest BCUT2D eigenvalue weighted by molar-refractivity contribution is -0.339. The van der Waals surface area contributed by atoms with E-state index >= 15 is 0 Å². The summed E-state index contributed by atoms with van der Waals surface area (Å²) < 4.78 is 35.9. The smallest absolute Gasteiger partial charge is 0.373 e. The van der Waals surface area contributed by atoms with Gasteiger partial charge in [0.15, 0.2) is 12.1 Å². The molecular weight excluding hydrogens is 801 g/mol. The molecule has 6 N–H and O–H groups in total. The number of esters is 2. The minimum absolute atomic E-state index is 0.0641. The summed E-state index contributed by atoms with van der Waals surface area (Å²) in [6, 6.07) is 0. The number of carbonyl (C=O) groups is 2. The molecule has 0 aromatic rings. The summed E-state index contributed by atoms with van der Waals surface area (Å²) in [6.07, 6.45) is 2.84. The summed E-state index contributed by atoms with van der Waals surface area (Å²) in [5, 5.41) is 69.5.